The van der Waals surface area contributed by atoms with Crippen molar-refractivity contribution in [2.24, 2.45) is 0 Å². The van der Waals surface area contributed by atoms with E-state index in [1.807, 2.05) is 13.8 Å². The van der Waals surface area contributed by atoms with Crippen molar-refractivity contribution in [3.05, 3.63) is 41.6 Å². The predicted molar refractivity (Wildman–Crippen MR) is 79.9 cm³/mol. The minimum absolute atomic E-state index is 0.112. The van der Waals surface area contributed by atoms with Crippen molar-refractivity contribution in [2.45, 2.75) is 19.9 Å². The van der Waals surface area contributed by atoms with Crippen LogP contribution >= 0.6 is 11.6 Å². The zero-order valence-corrected chi connectivity index (χ0v) is 12.3. The number of fused-ring (bicyclic) bond motifs is 1. The van der Waals surface area contributed by atoms with Crippen LogP contribution in [0.3, 0.4) is 0 Å². The Labute approximate surface area is 125 Å². The van der Waals surface area contributed by atoms with Gasteiger partial charge in [-0.05, 0) is 19.9 Å². The molecule has 0 aliphatic carbocycles. The number of hydrogen-bond donors (Lipinski definition) is 1. The van der Waals surface area contributed by atoms with E-state index in [4.69, 9.17) is 11.6 Å². The lowest BCUT2D eigenvalue weighted by molar-refractivity contribution is 0.631. The van der Waals surface area contributed by atoms with E-state index >= 15 is 0 Å². The second kappa shape index (κ2) is 5.29. The van der Waals surface area contributed by atoms with E-state index in [0.29, 0.717) is 22.7 Å². The lowest BCUT2D eigenvalue weighted by Gasteiger charge is -2.17. The number of aromatic nitrogens is 4. The van der Waals surface area contributed by atoms with Gasteiger partial charge in [0.15, 0.2) is 0 Å². The minimum Gasteiger partial charge on any atom is -0.367 e. The second-order valence-corrected chi connectivity index (χ2v) is 5.23. The highest BCUT2D eigenvalue weighted by atomic mass is 35.5. The SMILES string of the molecule is CC(C)Nc1c(-c2ccccc2F)c(Cl)nc2ncnn12. The van der Waals surface area contributed by atoms with E-state index in [1.54, 1.807) is 18.2 Å². The van der Waals surface area contributed by atoms with Gasteiger partial charge in [0.05, 0.1) is 5.56 Å². The first kappa shape index (κ1) is 13.8. The Hall–Kier alpha value is -2.21. The summed E-state index contributed by atoms with van der Waals surface area (Å²) in [4.78, 5) is 8.20. The van der Waals surface area contributed by atoms with Crippen molar-refractivity contribution in [3.8, 4) is 11.1 Å². The van der Waals surface area contributed by atoms with Crippen LogP contribution in [0.15, 0.2) is 30.6 Å². The molecule has 2 aromatic heterocycles. The zero-order chi connectivity index (χ0) is 15.0. The summed E-state index contributed by atoms with van der Waals surface area (Å²) in [5.41, 5.74) is 0.844. The van der Waals surface area contributed by atoms with E-state index < -0.39 is 0 Å². The first-order valence-electron chi connectivity index (χ1n) is 6.48. The van der Waals surface area contributed by atoms with Gasteiger partial charge in [-0.1, -0.05) is 29.8 Å². The highest BCUT2D eigenvalue weighted by Crippen LogP contribution is 2.35. The molecule has 21 heavy (non-hydrogen) atoms. The molecule has 0 aliphatic heterocycles. The molecular weight excluding hydrogens is 293 g/mol. The zero-order valence-electron chi connectivity index (χ0n) is 11.5. The molecule has 0 amide bonds. The fraction of sp³-hybridized carbons (Fsp3) is 0.214. The van der Waals surface area contributed by atoms with Gasteiger partial charge in [-0.25, -0.2) is 4.39 Å². The quantitative estimate of drug-likeness (QED) is 0.754. The van der Waals surface area contributed by atoms with Crippen LogP contribution in [-0.4, -0.2) is 25.6 Å². The highest BCUT2D eigenvalue weighted by Gasteiger charge is 2.20. The summed E-state index contributed by atoms with van der Waals surface area (Å²) in [5.74, 6) is 0.568. The summed E-state index contributed by atoms with van der Waals surface area (Å²) in [6.45, 7) is 3.95. The van der Waals surface area contributed by atoms with Gasteiger partial charge in [-0.2, -0.15) is 19.6 Å². The summed E-state index contributed by atoms with van der Waals surface area (Å²) >= 11 is 6.26. The summed E-state index contributed by atoms with van der Waals surface area (Å²) in [6, 6.07) is 6.54. The molecule has 1 N–H and O–H groups in total. The average Bonchev–Trinajstić information content (AvgIpc) is 2.88. The van der Waals surface area contributed by atoms with Crippen molar-refractivity contribution in [1.82, 2.24) is 19.6 Å². The maximum absolute atomic E-state index is 14.1. The lowest BCUT2D eigenvalue weighted by atomic mass is 10.1. The van der Waals surface area contributed by atoms with Gasteiger partial charge in [-0.15, -0.1) is 0 Å². The maximum Gasteiger partial charge on any atom is 0.255 e. The molecule has 0 aliphatic rings. The molecule has 0 bridgehead atoms. The van der Waals surface area contributed by atoms with Crippen molar-refractivity contribution < 1.29 is 4.39 Å². The van der Waals surface area contributed by atoms with Crippen LogP contribution in [0.5, 0.6) is 0 Å². The fourth-order valence-corrected chi connectivity index (χ4v) is 2.39. The summed E-state index contributed by atoms with van der Waals surface area (Å²) in [7, 11) is 0. The summed E-state index contributed by atoms with van der Waals surface area (Å²) in [5, 5.41) is 7.55. The number of halogens is 2. The number of hydrogen-bond acceptors (Lipinski definition) is 4. The largest absolute Gasteiger partial charge is 0.367 e. The molecule has 0 saturated heterocycles. The molecular formula is C14H13ClFN5. The standard InChI is InChI=1S/C14H13ClFN5/c1-8(2)19-13-11(9-5-3-4-6-10(9)16)12(15)20-14-17-7-18-21(13)14/h3-8,19H,1-2H3. The van der Waals surface area contributed by atoms with Crippen LogP contribution in [0, 0.1) is 5.82 Å². The number of nitrogens with one attached hydrogen (secondary N) is 1. The van der Waals surface area contributed by atoms with Crippen LogP contribution in [0.1, 0.15) is 13.8 Å². The second-order valence-electron chi connectivity index (χ2n) is 4.88. The molecule has 1 aromatic carbocycles. The molecule has 0 saturated carbocycles. The van der Waals surface area contributed by atoms with E-state index in [1.165, 1.54) is 16.9 Å². The molecule has 2 heterocycles. The molecule has 3 aromatic rings. The number of anilines is 1. The van der Waals surface area contributed by atoms with Crippen molar-refractivity contribution in [1.29, 1.82) is 0 Å². The molecule has 108 valence electrons. The number of nitrogens with zero attached hydrogens (tertiary/aromatic N) is 4. The van der Waals surface area contributed by atoms with Gasteiger partial charge in [0.2, 0.25) is 0 Å². The van der Waals surface area contributed by atoms with Gasteiger partial charge >= 0.3 is 0 Å². The lowest BCUT2D eigenvalue weighted by Crippen LogP contribution is -2.15. The molecule has 3 rings (SSSR count). The Morgan fingerprint density at radius 1 is 1.29 bits per heavy atom. The maximum atomic E-state index is 14.1. The first-order chi connectivity index (χ1) is 10.1. The van der Waals surface area contributed by atoms with Crippen molar-refractivity contribution >= 4 is 23.2 Å². The molecule has 0 fully saturated rings. The van der Waals surface area contributed by atoms with Gasteiger partial charge in [0, 0.05) is 11.6 Å². The molecule has 0 spiro atoms. The Kier molecular flexibility index (Phi) is 3.47. The normalized spacial score (nSPS) is 11.3. The summed E-state index contributed by atoms with van der Waals surface area (Å²) in [6.07, 6.45) is 1.38. The molecule has 0 unspecified atom stereocenters. The first-order valence-corrected chi connectivity index (χ1v) is 6.86. The number of benzene rings is 1. The van der Waals surface area contributed by atoms with Crippen LogP contribution in [0.2, 0.25) is 5.15 Å². The van der Waals surface area contributed by atoms with Crippen molar-refractivity contribution in [3.63, 3.8) is 0 Å². The van der Waals surface area contributed by atoms with Gasteiger partial charge in [0.25, 0.3) is 5.78 Å². The van der Waals surface area contributed by atoms with Crippen molar-refractivity contribution in [2.75, 3.05) is 5.32 Å². The van der Waals surface area contributed by atoms with E-state index in [-0.39, 0.29) is 17.0 Å². The monoisotopic (exact) mass is 305 g/mol. The third-order valence-electron chi connectivity index (χ3n) is 2.95. The van der Waals surface area contributed by atoms with Gasteiger partial charge in [-0.3, -0.25) is 0 Å². The molecule has 7 heteroatoms. The Bertz CT molecular complexity index is 799. The van der Waals surface area contributed by atoms with Gasteiger partial charge < -0.3 is 5.32 Å². The van der Waals surface area contributed by atoms with E-state index in [2.05, 4.69) is 20.4 Å². The third kappa shape index (κ3) is 2.42. The minimum atomic E-state index is -0.368. The number of rotatable bonds is 3. The van der Waals surface area contributed by atoms with Gasteiger partial charge in [0.1, 0.15) is 23.1 Å². The molecule has 5 nitrogen and oxygen atoms in total. The fourth-order valence-electron chi connectivity index (χ4n) is 2.13. The van der Waals surface area contributed by atoms with E-state index in [9.17, 15) is 4.39 Å². The Balaban J connectivity index is 2.35. The average molecular weight is 306 g/mol. The smallest absolute Gasteiger partial charge is 0.255 e. The summed E-state index contributed by atoms with van der Waals surface area (Å²) < 4.78 is 15.7. The highest BCUT2D eigenvalue weighted by molar-refractivity contribution is 6.33. The Morgan fingerprint density at radius 2 is 2.05 bits per heavy atom. The predicted octanol–water partition coefficient (Wildman–Crippen LogP) is 3.40. The topological polar surface area (TPSA) is 55.1 Å². The van der Waals surface area contributed by atoms with E-state index in [0.717, 1.165) is 0 Å². The van der Waals surface area contributed by atoms with Crippen LogP contribution in [-0.2, 0) is 0 Å². The molecule has 0 radical (unpaired) electrons. The molecule has 0 atom stereocenters. The van der Waals surface area contributed by atoms with Crippen LogP contribution in [0.25, 0.3) is 16.9 Å². The van der Waals surface area contributed by atoms with Crippen LogP contribution in [0.4, 0.5) is 10.2 Å². The van der Waals surface area contributed by atoms with Crippen LogP contribution < -0.4 is 5.32 Å². The Morgan fingerprint density at radius 3 is 2.76 bits per heavy atom. The third-order valence-corrected chi connectivity index (χ3v) is 3.22.